The first-order chi connectivity index (χ1) is 14.8. The number of hydrogen-bond donors (Lipinski definition) is 1. The van der Waals surface area contributed by atoms with Crippen LogP contribution in [0, 0.1) is 11.8 Å². The van der Waals surface area contributed by atoms with Crippen LogP contribution < -0.4 is 5.32 Å². The van der Waals surface area contributed by atoms with Crippen LogP contribution in [-0.2, 0) is 4.74 Å². The number of rotatable bonds is 12. The predicted octanol–water partition coefficient (Wildman–Crippen LogP) is 8.21. The molecule has 2 fully saturated rings. The third-order valence-corrected chi connectivity index (χ3v) is 7.08. The summed E-state index contributed by atoms with van der Waals surface area (Å²) in [5, 5.41) is 4.03. The molecule has 2 saturated carbocycles. The maximum Gasteiger partial charge on any atom is 0.257 e. The van der Waals surface area contributed by atoms with E-state index in [1.54, 1.807) is 0 Å². The van der Waals surface area contributed by atoms with Crippen molar-refractivity contribution in [3.05, 3.63) is 46.6 Å². The van der Waals surface area contributed by atoms with Crippen LogP contribution in [0.3, 0.4) is 0 Å². The lowest BCUT2D eigenvalue weighted by Crippen LogP contribution is -2.38. The smallest absolute Gasteiger partial charge is 0.257 e. The van der Waals surface area contributed by atoms with Gasteiger partial charge in [-0.3, -0.25) is 0 Å². The molecule has 2 aliphatic rings. The molecule has 0 aromatic rings. The van der Waals surface area contributed by atoms with Crippen LogP contribution in [0.1, 0.15) is 98.8 Å². The lowest BCUT2D eigenvalue weighted by atomic mass is 9.96. The Balaban J connectivity index is 1.55. The third-order valence-electron chi connectivity index (χ3n) is 6.84. The summed E-state index contributed by atoms with van der Waals surface area (Å²) < 4.78 is 5.74. The summed E-state index contributed by atoms with van der Waals surface area (Å²) in [5.41, 5.74) is 5.80. The summed E-state index contributed by atoms with van der Waals surface area (Å²) in [6.07, 6.45) is 21.6. The van der Waals surface area contributed by atoms with Gasteiger partial charge in [0.25, 0.3) is 5.17 Å². The first-order valence-electron chi connectivity index (χ1n) is 12.4. The van der Waals surface area contributed by atoms with Crippen LogP contribution >= 0.6 is 12.2 Å². The van der Waals surface area contributed by atoms with Crippen LogP contribution in [0.4, 0.5) is 0 Å². The monoisotopic (exact) mass is 443 g/mol. The van der Waals surface area contributed by atoms with Crippen molar-refractivity contribution in [1.82, 2.24) is 5.32 Å². The fourth-order valence-corrected chi connectivity index (χ4v) is 5.08. The molecular formula is C28H45NOS. The number of nitrogens with one attached hydrogen (secondary N) is 1. The highest BCUT2D eigenvalue weighted by molar-refractivity contribution is 7.80. The van der Waals surface area contributed by atoms with E-state index in [0.29, 0.717) is 17.8 Å². The molecule has 3 heteroatoms. The standard InChI is InChI=1S/C28H45NOS/c1-21(2)9-6-10-22(3)11-7-12-23(4)13-8-14-24(5)17-18-30-28(31)29-27-20-25-15-16-26(27)19-25/h9,11,13,17,25-27H,6-8,10,12,14-16,18-20H2,1-5H3,(H,29,31)/b22-11+,23-13+,24-17+. The van der Waals surface area contributed by atoms with Gasteiger partial charge in [0.05, 0.1) is 0 Å². The second kappa shape index (κ2) is 13.9. The molecule has 0 aromatic carbocycles. The summed E-state index contributed by atoms with van der Waals surface area (Å²) in [6.45, 7) is 11.6. The molecule has 2 aliphatic carbocycles. The van der Waals surface area contributed by atoms with Crippen molar-refractivity contribution in [3.63, 3.8) is 0 Å². The van der Waals surface area contributed by atoms with Gasteiger partial charge in [0, 0.05) is 6.04 Å². The minimum Gasteiger partial charge on any atom is -0.467 e. The Labute approximate surface area is 197 Å². The second-order valence-electron chi connectivity index (χ2n) is 10.1. The zero-order valence-electron chi connectivity index (χ0n) is 20.6. The van der Waals surface area contributed by atoms with Crippen LogP contribution in [0.2, 0.25) is 0 Å². The van der Waals surface area contributed by atoms with Crippen LogP contribution in [-0.4, -0.2) is 17.8 Å². The first kappa shape index (κ1) is 25.9. The van der Waals surface area contributed by atoms with E-state index >= 15 is 0 Å². The summed E-state index contributed by atoms with van der Waals surface area (Å²) in [5.74, 6) is 1.75. The van der Waals surface area contributed by atoms with Gasteiger partial charge in [0.15, 0.2) is 0 Å². The Morgan fingerprint density at radius 1 is 0.806 bits per heavy atom. The molecule has 0 amide bonds. The minimum atomic E-state index is 0.556. The lowest BCUT2D eigenvalue weighted by molar-refractivity contribution is 0.311. The van der Waals surface area contributed by atoms with Crippen LogP contribution in [0.5, 0.6) is 0 Å². The summed E-state index contributed by atoms with van der Waals surface area (Å²) >= 11 is 5.39. The van der Waals surface area contributed by atoms with Crippen molar-refractivity contribution < 1.29 is 4.74 Å². The molecule has 3 atom stereocenters. The normalized spacial score (nSPS) is 23.8. The topological polar surface area (TPSA) is 21.3 Å². The van der Waals surface area contributed by atoms with Crippen LogP contribution in [0.15, 0.2) is 46.6 Å². The van der Waals surface area contributed by atoms with E-state index in [1.165, 1.54) is 54.4 Å². The van der Waals surface area contributed by atoms with Gasteiger partial charge in [-0.05, 0) is 123 Å². The fraction of sp³-hybridized carbons (Fsp3) is 0.679. The molecule has 3 unspecified atom stereocenters. The SMILES string of the molecule is CC(C)=CCC/C(C)=C/CC/C(C)=C/CC/C(C)=C/COC(=S)NC1CC2CCC1C2. The molecule has 0 heterocycles. The molecule has 2 bridgehead atoms. The third kappa shape index (κ3) is 10.7. The van der Waals surface area contributed by atoms with E-state index in [4.69, 9.17) is 17.0 Å². The van der Waals surface area contributed by atoms with Crippen molar-refractivity contribution in [3.8, 4) is 0 Å². The Hall–Kier alpha value is -1.35. The second-order valence-corrected chi connectivity index (χ2v) is 10.4. The highest BCUT2D eigenvalue weighted by atomic mass is 32.1. The lowest BCUT2D eigenvalue weighted by Gasteiger charge is -2.23. The zero-order chi connectivity index (χ0) is 22.6. The van der Waals surface area contributed by atoms with E-state index in [-0.39, 0.29) is 0 Å². The maximum atomic E-state index is 5.74. The van der Waals surface area contributed by atoms with Crippen molar-refractivity contribution in [1.29, 1.82) is 0 Å². The van der Waals surface area contributed by atoms with Crippen molar-refractivity contribution in [2.45, 2.75) is 105 Å². The predicted molar refractivity (Wildman–Crippen MR) is 139 cm³/mol. The largest absolute Gasteiger partial charge is 0.467 e. The minimum absolute atomic E-state index is 0.556. The van der Waals surface area contributed by atoms with E-state index in [9.17, 15) is 0 Å². The molecule has 1 N–H and O–H groups in total. The van der Waals surface area contributed by atoms with E-state index in [0.717, 1.165) is 43.9 Å². The number of ether oxygens (including phenoxy) is 1. The molecule has 2 nitrogen and oxygen atoms in total. The fourth-order valence-electron chi connectivity index (χ4n) is 4.86. The van der Waals surface area contributed by atoms with Gasteiger partial charge in [-0.1, -0.05) is 46.9 Å². The van der Waals surface area contributed by atoms with E-state index < -0.39 is 0 Å². The quantitative estimate of drug-likeness (QED) is 0.242. The molecule has 31 heavy (non-hydrogen) atoms. The van der Waals surface area contributed by atoms with Gasteiger partial charge in [-0.15, -0.1) is 0 Å². The van der Waals surface area contributed by atoms with Gasteiger partial charge in [-0.2, -0.15) is 0 Å². The van der Waals surface area contributed by atoms with Gasteiger partial charge in [-0.25, -0.2) is 0 Å². The Kier molecular flexibility index (Phi) is 11.6. The number of fused-ring (bicyclic) bond motifs is 2. The molecule has 0 spiro atoms. The highest BCUT2D eigenvalue weighted by Gasteiger charge is 2.39. The molecule has 0 aliphatic heterocycles. The number of hydrogen-bond acceptors (Lipinski definition) is 2. The van der Waals surface area contributed by atoms with E-state index in [2.05, 4.69) is 64.2 Å². The molecule has 0 radical (unpaired) electrons. The molecule has 0 saturated heterocycles. The summed E-state index contributed by atoms with van der Waals surface area (Å²) in [7, 11) is 0. The number of allylic oxidation sites excluding steroid dienone is 7. The summed E-state index contributed by atoms with van der Waals surface area (Å²) in [6, 6.07) is 0.556. The Morgan fingerprint density at radius 3 is 1.90 bits per heavy atom. The average Bonchev–Trinajstić information content (AvgIpc) is 3.30. The maximum absolute atomic E-state index is 5.74. The zero-order valence-corrected chi connectivity index (χ0v) is 21.5. The molecule has 174 valence electrons. The van der Waals surface area contributed by atoms with Crippen molar-refractivity contribution in [2.75, 3.05) is 6.61 Å². The van der Waals surface area contributed by atoms with Gasteiger partial charge >= 0.3 is 0 Å². The van der Waals surface area contributed by atoms with E-state index in [1.807, 2.05) is 0 Å². The Bertz CT molecular complexity index is 696. The van der Waals surface area contributed by atoms with Crippen molar-refractivity contribution >= 4 is 17.4 Å². The average molecular weight is 444 g/mol. The number of thiocarbonyl (C=S) groups is 1. The molecule has 0 aromatic heterocycles. The van der Waals surface area contributed by atoms with Crippen molar-refractivity contribution in [2.24, 2.45) is 11.8 Å². The van der Waals surface area contributed by atoms with Gasteiger partial charge in [0.1, 0.15) is 6.61 Å². The van der Waals surface area contributed by atoms with Gasteiger partial charge in [0.2, 0.25) is 0 Å². The Morgan fingerprint density at radius 2 is 1.39 bits per heavy atom. The molecular weight excluding hydrogens is 398 g/mol. The summed E-state index contributed by atoms with van der Waals surface area (Å²) in [4.78, 5) is 0. The highest BCUT2D eigenvalue weighted by Crippen LogP contribution is 2.44. The van der Waals surface area contributed by atoms with Crippen LogP contribution in [0.25, 0.3) is 0 Å². The first-order valence-corrected chi connectivity index (χ1v) is 12.8. The molecule has 2 rings (SSSR count). The van der Waals surface area contributed by atoms with Gasteiger partial charge < -0.3 is 10.1 Å².